The molecule has 11 heteroatoms. The first-order chi connectivity index (χ1) is 17.2. The molecule has 0 saturated heterocycles. The molecule has 0 fully saturated rings. The molecule has 4 amide bonds. The van der Waals surface area contributed by atoms with Gasteiger partial charge in [0, 0.05) is 6.54 Å². The number of aryl methyl sites for hydroxylation is 2. The van der Waals surface area contributed by atoms with E-state index in [2.05, 4.69) is 15.4 Å². The van der Waals surface area contributed by atoms with E-state index in [1.54, 1.807) is 33.8 Å². The Kier molecular flexibility index (Phi) is 12.0. The molecular formula is C26H40N4O7. The SMILES string of the molecule is CCCCN(C(=O)C(CC(N)=O)NC(=O)OC(C)(C)C)C(C(=O)NCC(=O)OC)c1cc(C)ccc1C. The zero-order valence-electron chi connectivity index (χ0n) is 22.8. The molecule has 37 heavy (non-hydrogen) atoms. The molecule has 0 aliphatic heterocycles. The Balaban J connectivity index is 3.55. The molecule has 2 atom stereocenters. The van der Waals surface area contributed by atoms with Crippen molar-refractivity contribution in [3.63, 3.8) is 0 Å². The molecule has 0 spiro atoms. The number of carbonyl (C=O) groups excluding carboxylic acids is 5. The van der Waals surface area contributed by atoms with Crippen LogP contribution < -0.4 is 16.4 Å². The van der Waals surface area contributed by atoms with E-state index in [1.165, 1.54) is 12.0 Å². The van der Waals surface area contributed by atoms with Gasteiger partial charge in [0.1, 0.15) is 24.2 Å². The quantitative estimate of drug-likeness (QED) is 0.356. The molecule has 11 nitrogen and oxygen atoms in total. The summed E-state index contributed by atoms with van der Waals surface area (Å²) in [4.78, 5) is 64.7. The van der Waals surface area contributed by atoms with Crippen molar-refractivity contribution in [3.05, 3.63) is 34.9 Å². The highest BCUT2D eigenvalue weighted by atomic mass is 16.6. The van der Waals surface area contributed by atoms with Crippen molar-refractivity contribution >= 4 is 29.8 Å². The summed E-state index contributed by atoms with van der Waals surface area (Å²) >= 11 is 0. The second kappa shape index (κ2) is 14.2. The van der Waals surface area contributed by atoms with E-state index in [0.29, 0.717) is 18.4 Å². The second-order valence-corrected chi connectivity index (χ2v) is 9.81. The number of unbranched alkanes of at least 4 members (excludes halogenated alkanes) is 1. The first kappa shape index (κ1) is 31.4. The molecule has 2 unspecified atom stereocenters. The molecule has 4 N–H and O–H groups in total. The lowest BCUT2D eigenvalue weighted by molar-refractivity contribution is -0.145. The van der Waals surface area contributed by atoms with E-state index >= 15 is 0 Å². The molecule has 0 aliphatic carbocycles. The van der Waals surface area contributed by atoms with Gasteiger partial charge in [-0.05, 0) is 52.2 Å². The van der Waals surface area contributed by atoms with Crippen LogP contribution in [0.3, 0.4) is 0 Å². The van der Waals surface area contributed by atoms with Crippen LogP contribution in [0.2, 0.25) is 0 Å². The Morgan fingerprint density at radius 2 is 1.76 bits per heavy atom. The van der Waals surface area contributed by atoms with Crippen LogP contribution in [0.5, 0.6) is 0 Å². The van der Waals surface area contributed by atoms with Gasteiger partial charge < -0.3 is 30.7 Å². The van der Waals surface area contributed by atoms with Crippen molar-refractivity contribution in [2.75, 3.05) is 20.2 Å². The van der Waals surface area contributed by atoms with E-state index in [0.717, 1.165) is 11.1 Å². The van der Waals surface area contributed by atoms with Gasteiger partial charge in [-0.2, -0.15) is 0 Å². The van der Waals surface area contributed by atoms with Crippen LogP contribution in [0.15, 0.2) is 18.2 Å². The van der Waals surface area contributed by atoms with Crippen LogP contribution in [0.25, 0.3) is 0 Å². The number of carbonyl (C=O) groups is 5. The number of nitrogens with zero attached hydrogens (tertiary/aromatic N) is 1. The molecule has 0 radical (unpaired) electrons. The van der Waals surface area contributed by atoms with Gasteiger partial charge in [0.05, 0.1) is 13.5 Å². The van der Waals surface area contributed by atoms with Crippen LogP contribution in [-0.2, 0) is 28.7 Å². The Hall–Kier alpha value is -3.63. The summed E-state index contributed by atoms with van der Waals surface area (Å²) in [6, 6.07) is 2.96. The molecule has 1 rings (SSSR count). The standard InChI is InChI=1S/C26H40N4O7/c1-8-9-12-30(24(34)19(14-20(27)31)29-25(35)37-26(4,5)6)22(23(33)28-15-21(32)36-7)18-13-16(2)10-11-17(18)3/h10-11,13,19,22H,8-9,12,14-15H2,1-7H3,(H2,27,31)(H,28,33)(H,29,35). The van der Waals surface area contributed by atoms with Gasteiger partial charge in [-0.15, -0.1) is 0 Å². The fourth-order valence-electron chi connectivity index (χ4n) is 3.58. The van der Waals surface area contributed by atoms with Crippen LogP contribution in [-0.4, -0.2) is 66.5 Å². The number of hydrogen-bond donors (Lipinski definition) is 3. The van der Waals surface area contributed by atoms with Gasteiger partial charge in [0.15, 0.2) is 0 Å². The Bertz CT molecular complexity index is 988. The minimum Gasteiger partial charge on any atom is -0.468 e. The maximum atomic E-state index is 13.9. The summed E-state index contributed by atoms with van der Waals surface area (Å²) in [5, 5.41) is 4.96. The largest absolute Gasteiger partial charge is 0.468 e. The number of amides is 4. The number of nitrogens with one attached hydrogen (secondary N) is 2. The van der Waals surface area contributed by atoms with Gasteiger partial charge in [0.25, 0.3) is 0 Å². The van der Waals surface area contributed by atoms with Crippen LogP contribution >= 0.6 is 0 Å². The predicted molar refractivity (Wildman–Crippen MR) is 137 cm³/mol. The van der Waals surface area contributed by atoms with E-state index in [-0.39, 0.29) is 6.54 Å². The molecule has 1 aromatic rings. The molecular weight excluding hydrogens is 480 g/mol. The number of alkyl carbamates (subject to hydrolysis) is 1. The fraction of sp³-hybridized carbons (Fsp3) is 0.577. The lowest BCUT2D eigenvalue weighted by atomic mass is 9.95. The third-order valence-corrected chi connectivity index (χ3v) is 5.35. The van der Waals surface area contributed by atoms with Crippen LogP contribution in [0.4, 0.5) is 4.79 Å². The van der Waals surface area contributed by atoms with E-state index in [4.69, 9.17) is 10.5 Å². The van der Waals surface area contributed by atoms with Crippen molar-refractivity contribution in [1.29, 1.82) is 0 Å². The number of methoxy groups -OCH3 is 1. The van der Waals surface area contributed by atoms with Crippen LogP contribution in [0.1, 0.15) is 69.7 Å². The molecule has 1 aromatic carbocycles. The maximum Gasteiger partial charge on any atom is 0.408 e. The lowest BCUT2D eigenvalue weighted by Crippen LogP contribution is -2.54. The van der Waals surface area contributed by atoms with Gasteiger partial charge in [-0.1, -0.05) is 37.1 Å². The van der Waals surface area contributed by atoms with Crippen LogP contribution in [0, 0.1) is 13.8 Å². The fourth-order valence-corrected chi connectivity index (χ4v) is 3.58. The summed E-state index contributed by atoms with van der Waals surface area (Å²) < 4.78 is 9.88. The van der Waals surface area contributed by atoms with E-state index in [9.17, 15) is 24.0 Å². The Morgan fingerprint density at radius 3 is 2.30 bits per heavy atom. The number of primary amides is 1. The maximum absolute atomic E-state index is 13.9. The average Bonchev–Trinajstić information content (AvgIpc) is 2.79. The van der Waals surface area contributed by atoms with Gasteiger partial charge in [-0.3, -0.25) is 19.2 Å². The minimum atomic E-state index is -1.37. The highest BCUT2D eigenvalue weighted by Crippen LogP contribution is 2.27. The van der Waals surface area contributed by atoms with Gasteiger partial charge >= 0.3 is 12.1 Å². The topological polar surface area (TPSA) is 157 Å². The first-order valence-corrected chi connectivity index (χ1v) is 12.2. The summed E-state index contributed by atoms with van der Waals surface area (Å²) in [5.41, 5.74) is 6.68. The Labute approximate surface area is 218 Å². The molecule has 0 aromatic heterocycles. The zero-order chi connectivity index (χ0) is 28.3. The van der Waals surface area contributed by atoms with Crippen molar-refractivity contribution in [2.45, 2.75) is 78.5 Å². The summed E-state index contributed by atoms with van der Waals surface area (Å²) in [5.74, 6) is -2.77. The highest BCUT2D eigenvalue weighted by Gasteiger charge is 2.37. The average molecular weight is 521 g/mol. The summed E-state index contributed by atoms with van der Waals surface area (Å²) in [6.45, 7) is 10.3. The number of hydrogen-bond acceptors (Lipinski definition) is 7. The molecule has 0 bridgehead atoms. The van der Waals surface area contributed by atoms with E-state index in [1.807, 2.05) is 26.0 Å². The number of rotatable bonds is 12. The predicted octanol–water partition coefficient (Wildman–Crippen LogP) is 2.03. The number of benzene rings is 1. The van der Waals surface area contributed by atoms with Crippen molar-refractivity contribution in [3.8, 4) is 0 Å². The first-order valence-electron chi connectivity index (χ1n) is 12.2. The van der Waals surface area contributed by atoms with Crippen molar-refractivity contribution < 1.29 is 33.4 Å². The monoisotopic (exact) mass is 520 g/mol. The normalized spacial score (nSPS) is 12.6. The van der Waals surface area contributed by atoms with Crippen molar-refractivity contribution in [2.24, 2.45) is 5.73 Å². The lowest BCUT2D eigenvalue weighted by Gasteiger charge is -2.35. The number of esters is 1. The van der Waals surface area contributed by atoms with Gasteiger partial charge in [0.2, 0.25) is 17.7 Å². The number of nitrogens with two attached hydrogens (primary N) is 1. The third-order valence-electron chi connectivity index (χ3n) is 5.35. The Morgan fingerprint density at radius 1 is 1.11 bits per heavy atom. The van der Waals surface area contributed by atoms with Gasteiger partial charge in [-0.25, -0.2) is 4.79 Å². The minimum absolute atomic E-state index is 0.143. The smallest absolute Gasteiger partial charge is 0.408 e. The van der Waals surface area contributed by atoms with E-state index < -0.39 is 60.4 Å². The molecule has 0 aliphatic rings. The zero-order valence-corrected chi connectivity index (χ0v) is 22.8. The van der Waals surface area contributed by atoms with Crippen molar-refractivity contribution in [1.82, 2.24) is 15.5 Å². The summed E-state index contributed by atoms with van der Waals surface area (Å²) in [6.07, 6.45) is -0.162. The molecule has 206 valence electrons. The summed E-state index contributed by atoms with van der Waals surface area (Å²) in [7, 11) is 1.20. The second-order valence-electron chi connectivity index (χ2n) is 9.81. The molecule has 0 heterocycles. The number of ether oxygens (including phenoxy) is 2. The molecule has 0 saturated carbocycles. The third kappa shape index (κ3) is 10.5. The highest BCUT2D eigenvalue weighted by molar-refractivity contribution is 5.95.